The maximum atomic E-state index is 9.18. The molecule has 1 aliphatic carbocycles. The number of hydrogen-bond acceptors (Lipinski definition) is 3. The van der Waals surface area contributed by atoms with E-state index in [1.165, 1.54) is 39.0 Å². The highest BCUT2D eigenvalue weighted by Crippen LogP contribution is 2.49. The fraction of sp³-hybridized carbons (Fsp3) is 1.00. The highest BCUT2D eigenvalue weighted by molar-refractivity contribution is 5.05. The van der Waals surface area contributed by atoms with E-state index in [-0.39, 0.29) is 0 Å². The fourth-order valence-corrected chi connectivity index (χ4v) is 3.58. The van der Waals surface area contributed by atoms with Crippen molar-refractivity contribution in [3.05, 3.63) is 0 Å². The lowest BCUT2D eigenvalue weighted by Gasteiger charge is -2.32. The highest BCUT2D eigenvalue weighted by Gasteiger charge is 2.52. The zero-order valence-electron chi connectivity index (χ0n) is 9.36. The molecule has 3 fully saturated rings. The summed E-state index contributed by atoms with van der Waals surface area (Å²) in [5, 5.41) is 12.6. The van der Waals surface area contributed by atoms with Gasteiger partial charge in [-0.25, -0.2) is 0 Å². The second kappa shape index (κ2) is 4.04. The van der Waals surface area contributed by atoms with E-state index in [0.717, 1.165) is 24.3 Å². The first kappa shape index (κ1) is 10.1. The monoisotopic (exact) mass is 210 g/mol. The summed E-state index contributed by atoms with van der Waals surface area (Å²) >= 11 is 0. The van der Waals surface area contributed by atoms with Crippen molar-refractivity contribution >= 4 is 0 Å². The Morgan fingerprint density at radius 3 is 2.80 bits per heavy atom. The summed E-state index contributed by atoms with van der Waals surface area (Å²) in [4.78, 5) is 2.59. The Hall–Kier alpha value is -0.120. The fourth-order valence-electron chi connectivity index (χ4n) is 3.58. The average molecular weight is 210 g/mol. The lowest BCUT2D eigenvalue weighted by molar-refractivity contribution is 0.114. The van der Waals surface area contributed by atoms with E-state index in [1.807, 2.05) is 0 Å². The molecule has 0 amide bonds. The third kappa shape index (κ3) is 1.93. The van der Waals surface area contributed by atoms with Crippen LogP contribution in [0, 0.1) is 23.7 Å². The minimum Gasteiger partial charge on any atom is -0.396 e. The number of aliphatic hydroxyl groups is 1. The van der Waals surface area contributed by atoms with Crippen molar-refractivity contribution in [1.82, 2.24) is 10.2 Å². The van der Waals surface area contributed by atoms with Crippen molar-refractivity contribution in [2.45, 2.75) is 12.8 Å². The van der Waals surface area contributed by atoms with Crippen LogP contribution in [0.3, 0.4) is 0 Å². The van der Waals surface area contributed by atoms with Crippen molar-refractivity contribution in [2.24, 2.45) is 23.7 Å². The van der Waals surface area contributed by atoms with Crippen LogP contribution < -0.4 is 5.32 Å². The van der Waals surface area contributed by atoms with Gasteiger partial charge in [-0.1, -0.05) is 0 Å². The molecule has 15 heavy (non-hydrogen) atoms. The summed E-state index contributed by atoms with van der Waals surface area (Å²) in [5.74, 6) is 3.50. The predicted octanol–water partition coefficient (Wildman–Crippen LogP) is 0.156. The molecule has 2 saturated heterocycles. The lowest BCUT2D eigenvalue weighted by atomic mass is 9.98. The Kier molecular flexibility index (Phi) is 2.71. The van der Waals surface area contributed by atoms with Crippen molar-refractivity contribution in [1.29, 1.82) is 0 Å². The molecule has 0 bridgehead atoms. The van der Waals surface area contributed by atoms with Gasteiger partial charge in [-0.2, -0.15) is 0 Å². The smallest absolute Gasteiger partial charge is 0.0471 e. The van der Waals surface area contributed by atoms with E-state index in [1.54, 1.807) is 0 Å². The topological polar surface area (TPSA) is 35.5 Å². The van der Waals surface area contributed by atoms with E-state index in [0.29, 0.717) is 12.5 Å². The number of likely N-dealkylation sites (tertiary alicyclic amines) is 1. The van der Waals surface area contributed by atoms with Crippen molar-refractivity contribution in [3.8, 4) is 0 Å². The Morgan fingerprint density at radius 2 is 2.07 bits per heavy atom. The van der Waals surface area contributed by atoms with Gasteiger partial charge in [0.25, 0.3) is 0 Å². The van der Waals surface area contributed by atoms with E-state index < -0.39 is 0 Å². The minimum atomic E-state index is 0.385. The largest absolute Gasteiger partial charge is 0.396 e. The van der Waals surface area contributed by atoms with Crippen LogP contribution in [0.4, 0.5) is 0 Å². The van der Waals surface area contributed by atoms with Gasteiger partial charge in [0, 0.05) is 19.7 Å². The predicted molar refractivity (Wildman–Crippen MR) is 59.6 cm³/mol. The molecule has 0 radical (unpaired) electrons. The second-order valence-electron chi connectivity index (χ2n) is 5.60. The maximum absolute atomic E-state index is 9.18. The molecule has 0 aromatic rings. The van der Waals surface area contributed by atoms with Gasteiger partial charge in [0.15, 0.2) is 0 Å². The van der Waals surface area contributed by atoms with Crippen LogP contribution >= 0.6 is 0 Å². The standard InChI is InChI=1S/C12H22N2O/c15-8-9-2-1-3-14(6-9)7-12-10-4-13-5-11(10)12/h9-13,15H,1-8H2. The summed E-state index contributed by atoms with van der Waals surface area (Å²) in [6.07, 6.45) is 2.51. The maximum Gasteiger partial charge on any atom is 0.0471 e. The molecule has 2 aliphatic heterocycles. The second-order valence-corrected chi connectivity index (χ2v) is 5.60. The van der Waals surface area contributed by atoms with Crippen molar-refractivity contribution in [2.75, 3.05) is 39.3 Å². The van der Waals surface area contributed by atoms with Crippen molar-refractivity contribution < 1.29 is 5.11 Å². The molecule has 3 nitrogen and oxygen atoms in total. The Balaban J connectivity index is 1.47. The number of aliphatic hydroxyl groups excluding tert-OH is 1. The number of piperidine rings is 2. The van der Waals surface area contributed by atoms with Crippen LogP contribution in [0.2, 0.25) is 0 Å². The molecule has 2 heterocycles. The molecule has 1 saturated carbocycles. The van der Waals surface area contributed by atoms with E-state index in [4.69, 9.17) is 0 Å². The van der Waals surface area contributed by atoms with E-state index in [9.17, 15) is 5.11 Å². The molecule has 3 heteroatoms. The number of nitrogens with one attached hydrogen (secondary N) is 1. The Bertz CT molecular complexity index is 224. The molecule has 86 valence electrons. The third-order valence-corrected chi connectivity index (χ3v) is 4.60. The van der Waals surface area contributed by atoms with Gasteiger partial charge in [0.05, 0.1) is 0 Å². The Morgan fingerprint density at radius 1 is 1.27 bits per heavy atom. The zero-order valence-corrected chi connectivity index (χ0v) is 9.36. The normalized spacial score (nSPS) is 45.4. The summed E-state index contributed by atoms with van der Waals surface area (Å²) in [7, 11) is 0. The van der Waals surface area contributed by atoms with Gasteiger partial charge in [0.2, 0.25) is 0 Å². The number of fused-ring (bicyclic) bond motifs is 1. The quantitative estimate of drug-likeness (QED) is 0.696. The minimum absolute atomic E-state index is 0.385. The van der Waals surface area contributed by atoms with Gasteiger partial charge < -0.3 is 15.3 Å². The number of hydrogen-bond donors (Lipinski definition) is 2. The highest BCUT2D eigenvalue weighted by atomic mass is 16.3. The third-order valence-electron chi connectivity index (χ3n) is 4.60. The summed E-state index contributed by atoms with van der Waals surface area (Å²) in [6.45, 7) is 6.60. The molecule has 3 atom stereocenters. The molecule has 3 rings (SSSR count). The first-order valence-electron chi connectivity index (χ1n) is 6.42. The molecule has 0 aromatic heterocycles. The van der Waals surface area contributed by atoms with Gasteiger partial charge in [-0.15, -0.1) is 0 Å². The van der Waals surface area contributed by atoms with Crippen LogP contribution in [0.15, 0.2) is 0 Å². The molecule has 3 aliphatic rings. The molecular formula is C12H22N2O. The van der Waals surface area contributed by atoms with Crippen LogP contribution in [-0.4, -0.2) is 49.3 Å². The first-order valence-corrected chi connectivity index (χ1v) is 6.42. The molecule has 0 aromatic carbocycles. The average Bonchev–Trinajstić information content (AvgIpc) is 2.75. The van der Waals surface area contributed by atoms with E-state index in [2.05, 4.69) is 10.2 Å². The summed E-state index contributed by atoms with van der Waals surface area (Å²) in [5.41, 5.74) is 0. The van der Waals surface area contributed by atoms with Gasteiger partial charge in [0.1, 0.15) is 0 Å². The van der Waals surface area contributed by atoms with Crippen LogP contribution in [-0.2, 0) is 0 Å². The number of rotatable bonds is 3. The Labute approximate surface area is 91.8 Å². The number of nitrogens with zero attached hydrogens (tertiary/aromatic N) is 1. The van der Waals surface area contributed by atoms with Gasteiger partial charge in [-0.05, 0) is 56.1 Å². The zero-order chi connectivity index (χ0) is 10.3. The lowest BCUT2D eigenvalue weighted by Crippen LogP contribution is -2.39. The van der Waals surface area contributed by atoms with E-state index >= 15 is 0 Å². The molecular weight excluding hydrogens is 188 g/mol. The van der Waals surface area contributed by atoms with Crippen LogP contribution in [0.1, 0.15) is 12.8 Å². The SMILES string of the molecule is OCC1CCCN(CC2C3CNCC32)C1. The summed E-state index contributed by atoms with van der Waals surface area (Å²) in [6, 6.07) is 0. The van der Waals surface area contributed by atoms with Crippen molar-refractivity contribution in [3.63, 3.8) is 0 Å². The van der Waals surface area contributed by atoms with Crippen LogP contribution in [0.5, 0.6) is 0 Å². The van der Waals surface area contributed by atoms with Crippen LogP contribution in [0.25, 0.3) is 0 Å². The molecule has 0 spiro atoms. The first-order chi connectivity index (χ1) is 7.38. The van der Waals surface area contributed by atoms with Gasteiger partial charge in [-0.3, -0.25) is 0 Å². The van der Waals surface area contributed by atoms with Gasteiger partial charge >= 0.3 is 0 Å². The molecule has 3 unspecified atom stereocenters. The molecule has 2 N–H and O–H groups in total. The summed E-state index contributed by atoms with van der Waals surface area (Å²) < 4.78 is 0.